The number of rotatable bonds is 5. The predicted octanol–water partition coefficient (Wildman–Crippen LogP) is 3.58. The predicted molar refractivity (Wildman–Crippen MR) is 113 cm³/mol. The number of nitriles is 1. The first-order valence-electron chi connectivity index (χ1n) is 8.95. The van der Waals surface area contributed by atoms with E-state index in [9.17, 15) is 5.26 Å². The number of para-hydroxylation sites is 1. The number of amidine groups is 1. The van der Waals surface area contributed by atoms with Gasteiger partial charge in [0.15, 0.2) is 5.75 Å². The highest BCUT2D eigenvalue weighted by molar-refractivity contribution is 7.75. The van der Waals surface area contributed by atoms with E-state index in [-0.39, 0.29) is 5.92 Å². The Labute approximate surface area is 170 Å². The first-order chi connectivity index (χ1) is 13.6. The number of anilines is 1. The van der Waals surface area contributed by atoms with Gasteiger partial charge < -0.3 is 14.0 Å². The molecule has 0 amide bonds. The minimum Gasteiger partial charge on any atom is -0.427 e. The molecule has 0 bridgehead atoms. The van der Waals surface area contributed by atoms with Crippen LogP contribution in [-0.4, -0.2) is 42.2 Å². The van der Waals surface area contributed by atoms with Crippen LogP contribution in [0.4, 0.5) is 5.69 Å². The maximum Gasteiger partial charge on any atom is 0.155 e. The quantitative estimate of drug-likeness (QED) is 0.311. The molecule has 1 aliphatic heterocycles. The largest absolute Gasteiger partial charge is 0.427 e. The second kappa shape index (κ2) is 8.76. The van der Waals surface area contributed by atoms with Crippen LogP contribution in [0, 0.1) is 28.1 Å². The summed E-state index contributed by atoms with van der Waals surface area (Å²) >= 11 is 3.85. The number of piperidine rings is 1. The van der Waals surface area contributed by atoms with Crippen LogP contribution in [0.5, 0.6) is 5.75 Å². The maximum absolute atomic E-state index is 9.67. The van der Waals surface area contributed by atoms with Gasteiger partial charge in [-0.3, -0.25) is 15.8 Å². The van der Waals surface area contributed by atoms with Gasteiger partial charge in [0.25, 0.3) is 0 Å². The SMILES string of the molecule is CN(C=N)C(=N)C1CCN(c2c(C#N)cccc2-c2cncc(OS)c2)CC1. The standard InChI is InChI=1S/C20H22N6OS/c1-25(13-22)20(23)14-5-7-26(8-6-14)19-15(10-21)3-2-4-18(19)16-9-17(27-28)12-24-11-16/h2-4,9,11-14,22-23,28H,5-8H2,1H3. The molecule has 0 spiro atoms. The van der Waals surface area contributed by atoms with Gasteiger partial charge in [-0.05, 0) is 25.0 Å². The number of aromatic nitrogens is 1. The van der Waals surface area contributed by atoms with Crippen LogP contribution in [-0.2, 0) is 0 Å². The highest BCUT2D eigenvalue weighted by Gasteiger charge is 2.27. The Morgan fingerprint density at radius 3 is 2.79 bits per heavy atom. The van der Waals surface area contributed by atoms with E-state index >= 15 is 0 Å². The Bertz CT molecular complexity index is 917. The molecule has 8 heteroatoms. The lowest BCUT2D eigenvalue weighted by Crippen LogP contribution is -2.41. The van der Waals surface area contributed by atoms with Crippen LogP contribution >= 0.6 is 12.9 Å². The molecule has 3 rings (SSSR count). The monoisotopic (exact) mass is 394 g/mol. The Morgan fingerprint density at radius 1 is 1.39 bits per heavy atom. The summed E-state index contributed by atoms with van der Waals surface area (Å²) in [6, 6.07) is 9.82. The van der Waals surface area contributed by atoms with Crippen molar-refractivity contribution in [2.45, 2.75) is 12.8 Å². The third-order valence-corrected chi connectivity index (χ3v) is 5.27. The van der Waals surface area contributed by atoms with Crippen LogP contribution in [0.3, 0.4) is 0 Å². The molecule has 0 atom stereocenters. The maximum atomic E-state index is 9.67. The molecule has 0 aliphatic carbocycles. The van der Waals surface area contributed by atoms with Crippen molar-refractivity contribution in [1.82, 2.24) is 9.88 Å². The van der Waals surface area contributed by atoms with Gasteiger partial charge in [0.1, 0.15) is 11.9 Å². The summed E-state index contributed by atoms with van der Waals surface area (Å²) in [6.45, 7) is 1.47. The zero-order valence-corrected chi connectivity index (χ0v) is 16.5. The fourth-order valence-corrected chi connectivity index (χ4v) is 3.66. The van der Waals surface area contributed by atoms with Crippen molar-refractivity contribution in [3.63, 3.8) is 0 Å². The summed E-state index contributed by atoms with van der Waals surface area (Å²) in [4.78, 5) is 7.96. The summed E-state index contributed by atoms with van der Waals surface area (Å²) in [6.07, 6.45) is 6.10. The topological polar surface area (TPSA) is 100 Å². The molecule has 144 valence electrons. The third kappa shape index (κ3) is 3.94. The molecular formula is C20H22N6OS. The fourth-order valence-electron chi connectivity index (χ4n) is 3.56. The highest BCUT2D eigenvalue weighted by Crippen LogP contribution is 2.37. The summed E-state index contributed by atoms with van der Waals surface area (Å²) in [7, 11) is 1.73. The van der Waals surface area contributed by atoms with Gasteiger partial charge in [0.05, 0.1) is 23.8 Å². The zero-order chi connectivity index (χ0) is 20.1. The molecule has 1 aromatic carbocycles. The van der Waals surface area contributed by atoms with Crippen molar-refractivity contribution in [2.75, 3.05) is 25.0 Å². The van der Waals surface area contributed by atoms with Crippen LogP contribution in [0.15, 0.2) is 36.7 Å². The van der Waals surface area contributed by atoms with E-state index < -0.39 is 0 Å². The molecule has 0 unspecified atom stereocenters. The molecule has 2 aromatic rings. The number of benzene rings is 1. The van der Waals surface area contributed by atoms with Gasteiger partial charge in [-0.1, -0.05) is 12.1 Å². The minimum absolute atomic E-state index is 0.114. The Balaban J connectivity index is 1.91. The lowest BCUT2D eigenvalue weighted by Gasteiger charge is -2.36. The molecule has 2 heterocycles. The van der Waals surface area contributed by atoms with Crippen LogP contribution in [0.2, 0.25) is 0 Å². The van der Waals surface area contributed by atoms with Crippen LogP contribution < -0.4 is 9.08 Å². The van der Waals surface area contributed by atoms with Crippen LogP contribution in [0.1, 0.15) is 18.4 Å². The molecular weight excluding hydrogens is 372 g/mol. The zero-order valence-electron chi connectivity index (χ0n) is 15.6. The average Bonchev–Trinajstić information content (AvgIpc) is 2.77. The normalized spacial score (nSPS) is 14.2. The number of nitrogens with one attached hydrogen (secondary N) is 2. The van der Waals surface area contributed by atoms with Crippen molar-refractivity contribution < 1.29 is 4.18 Å². The highest BCUT2D eigenvalue weighted by atomic mass is 32.1. The van der Waals surface area contributed by atoms with Crippen molar-refractivity contribution >= 4 is 30.8 Å². The van der Waals surface area contributed by atoms with E-state index in [1.807, 2.05) is 24.3 Å². The van der Waals surface area contributed by atoms with Gasteiger partial charge >= 0.3 is 0 Å². The van der Waals surface area contributed by atoms with Crippen molar-refractivity contribution in [1.29, 1.82) is 16.1 Å². The van der Waals surface area contributed by atoms with Crippen molar-refractivity contribution in [3.05, 3.63) is 42.2 Å². The summed E-state index contributed by atoms with van der Waals surface area (Å²) in [5.41, 5.74) is 3.27. The van der Waals surface area contributed by atoms with Gasteiger partial charge in [0.2, 0.25) is 0 Å². The lowest BCUT2D eigenvalue weighted by molar-refractivity contribution is 0.473. The minimum atomic E-state index is 0.114. The third-order valence-electron chi connectivity index (χ3n) is 5.06. The van der Waals surface area contributed by atoms with E-state index in [1.54, 1.807) is 24.3 Å². The van der Waals surface area contributed by atoms with Gasteiger partial charge in [-0.25, -0.2) is 0 Å². The first-order valence-corrected chi connectivity index (χ1v) is 9.32. The van der Waals surface area contributed by atoms with Gasteiger partial charge in [0, 0.05) is 56.3 Å². The van der Waals surface area contributed by atoms with E-state index in [2.05, 4.69) is 28.9 Å². The Morgan fingerprint density at radius 2 is 2.14 bits per heavy atom. The van der Waals surface area contributed by atoms with Gasteiger partial charge in [-0.2, -0.15) is 5.26 Å². The van der Waals surface area contributed by atoms with Gasteiger partial charge in [-0.15, -0.1) is 0 Å². The average molecular weight is 395 g/mol. The van der Waals surface area contributed by atoms with E-state index in [1.165, 1.54) is 6.34 Å². The molecule has 0 radical (unpaired) electrons. The van der Waals surface area contributed by atoms with Crippen molar-refractivity contribution in [3.8, 4) is 22.9 Å². The lowest BCUT2D eigenvalue weighted by atomic mass is 9.92. The van der Waals surface area contributed by atoms with E-state index in [4.69, 9.17) is 15.0 Å². The van der Waals surface area contributed by atoms with E-state index in [0.29, 0.717) is 17.1 Å². The number of hydrogen-bond donors (Lipinski definition) is 3. The number of thiol groups is 1. The Hall–Kier alpha value is -3.05. The molecule has 2 N–H and O–H groups in total. The second-order valence-corrected chi connectivity index (χ2v) is 6.88. The van der Waals surface area contributed by atoms with Crippen LogP contribution in [0.25, 0.3) is 11.1 Å². The molecule has 1 aromatic heterocycles. The molecule has 7 nitrogen and oxygen atoms in total. The molecule has 1 aliphatic rings. The number of pyridine rings is 1. The number of nitrogens with zero attached hydrogens (tertiary/aromatic N) is 4. The first kappa shape index (κ1) is 19.7. The fraction of sp³-hybridized carbons (Fsp3) is 0.300. The van der Waals surface area contributed by atoms with E-state index in [0.717, 1.165) is 42.7 Å². The second-order valence-electron chi connectivity index (χ2n) is 6.70. The summed E-state index contributed by atoms with van der Waals surface area (Å²) in [5, 5.41) is 25.2. The molecule has 0 saturated carbocycles. The van der Waals surface area contributed by atoms with Crippen molar-refractivity contribution in [2.24, 2.45) is 5.92 Å². The summed E-state index contributed by atoms with van der Waals surface area (Å²) in [5.74, 6) is 1.12. The molecule has 1 saturated heterocycles. The molecule has 1 fully saturated rings. The molecule has 28 heavy (non-hydrogen) atoms. The smallest absolute Gasteiger partial charge is 0.155 e. The Kier molecular flexibility index (Phi) is 6.16. The number of hydrogen-bond acceptors (Lipinski definition) is 7. The summed E-state index contributed by atoms with van der Waals surface area (Å²) < 4.78 is 5.00.